The highest BCUT2D eigenvalue weighted by atomic mass is 127. The van der Waals surface area contributed by atoms with Crippen molar-refractivity contribution < 1.29 is 8.78 Å². The van der Waals surface area contributed by atoms with E-state index in [1.165, 1.54) is 25.3 Å². The van der Waals surface area contributed by atoms with Crippen molar-refractivity contribution in [3.05, 3.63) is 67.3 Å². The summed E-state index contributed by atoms with van der Waals surface area (Å²) < 4.78 is 26.5. The molecule has 0 saturated carbocycles. The summed E-state index contributed by atoms with van der Waals surface area (Å²) >= 11 is 4.60. The average Bonchev–Trinajstić information content (AvgIpc) is 2.17. The van der Waals surface area contributed by atoms with Crippen LogP contribution in [0.25, 0.3) is 0 Å². The summed E-state index contributed by atoms with van der Waals surface area (Å²) in [6.45, 7) is 0. The van der Waals surface area contributed by atoms with Crippen LogP contribution in [0.2, 0.25) is 0 Å². The first-order valence-corrected chi connectivity index (χ1v) is 6.56. The van der Waals surface area contributed by atoms with Gasteiger partial charge in [-0.05, 0) is 75.5 Å². The summed E-state index contributed by atoms with van der Waals surface area (Å²) in [6, 6.07) is 12.9. The maximum Gasteiger partial charge on any atom is 0.126 e. The average molecular weight is 444 g/mol. The van der Waals surface area contributed by atoms with Crippen LogP contribution >= 0.6 is 45.2 Å². The van der Waals surface area contributed by atoms with Gasteiger partial charge in [0.2, 0.25) is 0 Å². The summed E-state index contributed by atoms with van der Waals surface area (Å²) in [6.07, 6.45) is 0. The minimum absolute atomic E-state index is 0.537. The summed E-state index contributed by atoms with van der Waals surface area (Å²) in [5.74, 6) is -1.07. The highest BCUT2D eigenvalue weighted by molar-refractivity contribution is 14.1. The maximum absolute atomic E-state index is 11.9. The minimum atomic E-state index is -0.537. The molecule has 4 heteroatoms. The van der Waals surface area contributed by atoms with Gasteiger partial charge in [-0.2, -0.15) is 0 Å². The van der Waals surface area contributed by atoms with Crippen LogP contribution in [0.15, 0.2) is 48.5 Å². The molecule has 0 saturated heterocycles. The number of rotatable bonds is 0. The normalized spacial score (nSPS) is 9.25. The summed E-state index contributed by atoms with van der Waals surface area (Å²) in [7, 11) is 0. The second-order valence-corrected chi connectivity index (χ2v) is 5.37. The van der Waals surface area contributed by atoms with Crippen LogP contribution in [-0.4, -0.2) is 0 Å². The summed E-state index contributed by atoms with van der Waals surface area (Å²) in [5.41, 5.74) is 0. The smallest absolute Gasteiger partial charge is 0.126 e. The molecule has 2 aromatic carbocycles. The quantitative estimate of drug-likeness (QED) is 0.510. The molecule has 0 amide bonds. The maximum atomic E-state index is 11.9. The molecule has 0 unspecified atom stereocenters. The number of hydrogen-bond donors (Lipinski definition) is 0. The molecule has 2 aromatic rings. The van der Waals surface area contributed by atoms with Crippen molar-refractivity contribution in [2.75, 3.05) is 0 Å². The summed E-state index contributed by atoms with van der Waals surface area (Å²) in [4.78, 5) is 0. The topological polar surface area (TPSA) is 0 Å². The lowest BCUT2D eigenvalue weighted by Gasteiger charge is -1.87. The molecule has 2 rings (SSSR count). The zero-order chi connectivity index (χ0) is 12.0. The van der Waals surface area contributed by atoms with E-state index < -0.39 is 11.6 Å². The Balaban J connectivity index is 0.000000160. The Morgan fingerprint density at radius 2 is 1.12 bits per heavy atom. The van der Waals surface area contributed by atoms with Gasteiger partial charge in [0.05, 0.1) is 0 Å². The second-order valence-electron chi connectivity index (χ2n) is 2.88. The predicted octanol–water partition coefficient (Wildman–Crippen LogP) is 4.86. The van der Waals surface area contributed by atoms with Crippen LogP contribution in [0.3, 0.4) is 0 Å². The first-order valence-electron chi connectivity index (χ1n) is 4.40. The first-order chi connectivity index (χ1) is 7.58. The van der Waals surface area contributed by atoms with Crippen molar-refractivity contribution in [1.29, 1.82) is 0 Å². The van der Waals surface area contributed by atoms with Crippen LogP contribution in [0, 0.1) is 18.8 Å². The molecule has 0 aliphatic heterocycles. The van der Waals surface area contributed by atoms with Crippen molar-refractivity contribution >= 4 is 45.2 Å². The molecule has 0 atom stereocenters. The first kappa shape index (κ1) is 13.8. The van der Waals surface area contributed by atoms with Gasteiger partial charge >= 0.3 is 0 Å². The van der Waals surface area contributed by atoms with E-state index in [9.17, 15) is 8.78 Å². The van der Waals surface area contributed by atoms with E-state index in [1.807, 2.05) is 0 Å². The largest absolute Gasteiger partial charge is 0.207 e. The number of hydrogen-bond acceptors (Lipinski definition) is 0. The number of halogens is 4. The molecule has 0 heterocycles. The van der Waals surface area contributed by atoms with E-state index in [0.717, 1.165) is 6.07 Å². The molecule has 0 aromatic heterocycles. The Hall–Kier alpha value is -0.240. The van der Waals surface area contributed by atoms with Gasteiger partial charge in [-0.1, -0.05) is 12.1 Å². The number of benzene rings is 2. The standard InChI is InChI=1S/C6H4F2.C6H4I2/c2*7-5-2-1-3-6(8)4-5/h2*1-4H. The van der Waals surface area contributed by atoms with Gasteiger partial charge in [0.25, 0.3) is 0 Å². The third kappa shape index (κ3) is 5.74. The molecule has 16 heavy (non-hydrogen) atoms. The van der Waals surface area contributed by atoms with Crippen molar-refractivity contribution in [3.8, 4) is 0 Å². The van der Waals surface area contributed by atoms with Gasteiger partial charge in [0.1, 0.15) is 11.6 Å². The molecule has 0 bridgehead atoms. The van der Waals surface area contributed by atoms with Crippen molar-refractivity contribution in [3.63, 3.8) is 0 Å². The Kier molecular flexibility index (Phi) is 6.18. The predicted molar refractivity (Wildman–Crippen MR) is 78.2 cm³/mol. The van der Waals surface area contributed by atoms with E-state index >= 15 is 0 Å². The van der Waals surface area contributed by atoms with Gasteiger partial charge in [0, 0.05) is 13.2 Å². The lowest BCUT2D eigenvalue weighted by molar-refractivity contribution is 0.583. The molecular formula is C12H8F2I2. The van der Waals surface area contributed by atoms with Crippen LogP contribution in [0.1, 0.15) is 0 Å². The van der Waals surface area contributed by atoms with Crippen LogP contribution in [0.4, 0.5) is 8.78 Å². The van der Waals surface area contributed by atoms with E-state index in [0.29, 0.717) is 0 Å². The van der Waals surface area contributed by atoms with Gasteiger partial charge in [0.15, 0.2) is 0 Å². The Labute approximate surface area is 120 Å². The van der Waals surface area contributed by atoms with Crippen molar-refractivity contribution in [2.45, 2.75) is 0 Å². The molecule has 0 fully saturated rings. The summed E-state index contributed by atoms with van der Waals surface area (Å²) in [5, 5.41) is 0. The fourth-order valence-corrected chi connectivity index (χ4v) is 2.60. The van der Waals surface area contributed by atoms with Crippen LogP contribution in [0.5, 0.6) is 0 Å². The lowest BCUT2D eigenvalue weighted by atomic mass is 10.3. The highest BCUT2D eigenvalue weighted by Crippen LogP contribution is 2.08. The molecule has 0 N–H and O–H groups in total. The Bertz CT molecular complexity index is 380. The zero-order valence-electron chi connectivity index (χ0n) is 8.13. The Morgan fingerprint density at radius 3 is 1.38 bits per heavy atom. The monoisotopic (exact) mass is 444 g/mol. The van der Waals surface area contributed by atoms with Crippen molar-refractivity contribution in [2.24, 2.45) is 0 Å². The molecule has 0 aliphatic carbocycles. The van der Waals surface area contributed by atoms with Gasteiger partial charge in [-0.3, -0.25) is 0 Å². The molecule has 84 valence electrons. The molecule has 0 aliphatic rings. The zero-order valence-corrected chi connectivity index (χ0v) is 12.4. The lowest BCUT2D eigenvalue weighted by Crippen LogP contribution is -1.73. The molecular weight excluding hydrogens is 436 g/mol. The second kappa shape index (κ2) is 7.16. The highest BCUT2D eigenvalue weighted by Gasteiger charge is 1.88. The van der Waals surface area contributed by atoms with E-state index in [2.05, 4.69) is 69.4 Å². The molecule has 0 radical (unpaired) electrons. The van der Waals surface area contributed by atoms with Crippen molar-refractivity contribution in [1.82, 2.24) is 0 Å². The van der Waals surface area contributed by atoms with E-state index in [-0.39, 0.29) is 0 Å². The minimum Gasteiger partial charge on any atom is -0.207 e. The van der Waals surface area contributed by atoms with Crippen LogP contribution in [-0.2, 0) is 0 Å². The molecule has 0 nitrogen and oxygen atoms in total. The van der Waals surface area contributed by atoms with Gasteiger partial charge in [-0.15, -0.1) is 0 Å². The fraction of sp³-hybridized carbons (Fsp3) is 0. The van der Waals surface area contributed by atoms with E-state index in [1.54, 1.807) is 0 Å². The third-order valence-corrected chi connectivity index (χ3v) is 2.92. The van der Waals surface area contributed by atoms with Gasteiger partial charge in [-0.25, -0.2) is 8.78 Å². The Morgan fingerprint density at radius 1 is 0.688 bits per heavy atom. The molecule has 0 spiro atoms. The SMILES string of the molecule is Fc1cccc(F)c1.Ic1cccc(I)c1. The van der Waals surface area contributed by atoms with Crippen LogP contribution < -0.4 is 0 Å². The third-order valence-electron chi connectivity index (χ3n) is 1.57. The fourth-order valence-electron chi connectivity index (χ4n) is 0.920. The van der Waals surface area contributed by atoms with Gasteiger partial charge < -0.3 is 0 Å². The van der Waals surface area contributed by atoms with E-state index in [4.69, 9.17) is 0 Å².